The highest BCUT2D eigenvalue weighted by atomic mass is 16.2. The highest BCUT2D eigenvalue weighted by molar-refractivity contribution is 5.94. The van der Waals surface area contributed by atoms with E-state index in [1.54, 1.807) is 18.6 Å². The molecule has 0 aromatic carbocycles. The number of rotatable bonds is 3. The summed E-state index contributed by atoms with van der Waals surface area (Å²) in [5.74, 6) is 0.943. The Morgan fingerprint density at radius 1 is 1.10 bits per heavy atom. The van der Waals surface area contributed by atoms with Crippen molar-refractivity contribution in [3.05, 3.63) is 78.3 Å². The second-order valence-corrected chi connectivity index (χ2v) is 7.77. The van der Waals surface area contributed by atoms with Crippen LogP contribution in [0.2, 0.25) is 0 Å². The van der Waals surface area contributed by atoms with Gasteiger partial charge in [0.25, 0.3) is 5.91 Å². The van der Waals surface area contributed by atoms with Crippen molar-refractivity contribution >= 4 is 11.6 Å². The summed E-state index contributed by atoms with van der Waals surface area (Å²) >= 11 is 0. The van der Waals surface area contributed by atoms with Gasteiger partial charge in [0, 0.05) is 61.1 Å². The third kappa shape index (κ3) is 3.54. The Hall–Kier alpha value is -3.61. The Labute approximate surface area is 174 Å². The average molecular weight is 398 g/mol. The molecule has 0 unspecified atom stereocenters. The summed E-state index contributed by atoms with van der Waals surface area (Å²) in [6.07, 6.45) is 10.9. The Balaban J connectivity index is 1.39. The molecule has 4 aromatic heterocycles. The van der Waals surface area contributed by atoms with Gasteiger partial charge >= 0.3 is 0 Å². The Morgan fingerprint density at radius 2 is 2.03 bits per heavy atom. The van der Waals surface area contributed by atoms with E-state index in [4.69, 9.17) is 10.1 Å². The van der Waals surface area contributed by atoms with Crippen LogP contribution >= 0.6 is 0 Å². The molecule has 0 N–H and O–H groups in total. The molecule has 0 saturated carbocycles. The number of hydrogen-bond donors (Lipinski definition) is 0. The van der Waals surface area contributed by atoms with Gasteiger partial charge in [-0.2, -0.15) is 5.10 Å². The second-order valence-electron chi connectivity index (χ2n) is 7.77. The van der Waals surface area contributed by atoms with Gasteiger partial charge in [0.05, 0.1) is 5.56 Å². The predicted octanol–water partition coefficient (Wildman–Crippen LogP) is 3.51. The van der Waals surface area contributed by atoms with Crippen LogP contribution in [0.1, 0.15) is 40.5 Å². The van der Waals surface area contributed by atoms with E-state index in [0.717, 1.165) is 47.5 Å². The largest absolute Gasteiger partial charge is 0.338 e. The number of carbonyl (C=O) groups is 1. The van der Waals surface area contributed by atoms with Crippen molar-refractivity contribution in [1.82, 2.24) is 29.5 Å². The fourth-order valence-corrected chi connectivity index (χ4v) is 4.00. The first kappa shape index (κ1) is 18.4. The molecule has 1 saturated heterocycles. The summed E-state index contributed by atoms with van der Waals surface area (Å²) in [4.78, 5) is 27.9. The van der Waals surface area contributed by atoms with Crippen LogP contribution in [0.3, 0.4) is 0 Å². The molecule has 1 amide bonds. The van der Waals surface area contributed by atoms with Crippen molar-refractivity contribution in [1.29, 1.82) is 0 Å². The molecular weight excluding hydrogens is 376 g/mol. The summed E-state index contributed by atoms with van der Waals surface area (Å²) in [5.41, 5.74) is 4.52. The zero-order valence-electron chi connectivity index (χ0n) is 16.8. The number of fused-ring (bicyclic) bond motifs is 1. The minimum atomic E-state index is 0.0264. The van der Waals surface area contributed by atoms with Crippen molar-refractivity contribution in [2.75, 3.05) is 13.1 Å². The average Bonchev–Trinajstić information content (AvgIpc) is 3.23. The highest BCUT2D eigenvalue weighted by Crippen LogP contribution is 2.27. The standard InChI is InChI=1S/C23H22N6O/c1-16-10-20(13-25-11-16)23(30)28-9-3-5-19(14-28)22-26-21-7-6-18(15-29(21)27-22)17-4-2-8-24-12-17/h2,4,6-8,10-13,15,19H,3,5,9,14H2,1H3/t19-/m0/s1. The molecule has 5 heterocycles. The maximum absolute atomic E-state index is 12.9. The van der Waals surface area contributed by atoms with Crippen LogP contribution in [0.15, 0.2) is 61.3 Å². The molecule has 30 heavy (non-hydrogen) atoms. The molecule has 0 aliphatic carbocycles. The van der Waals surface area contributed by atoms with Crippen LogP contribution in [0.5, 0.6) is 0 Å². The van der Waals surface area contributed by atoms with Crippen molar-refractivity contribution < 1.29 is 4.79 Å². The van der Waals surface area contributed by atoms with Crippen LogP contribution in [-0.4, -0.2) is 48.5 Å². The van der Waals surface area contributed by atoms with E-state index < -0.39 is 0 Å². The lowest BCUT2D eigenvalue weighted by Crippen LogP contribution is -2.39. The van der Waals surface area contributed by atoms with Crippen molar-refractivity contribution in [3.8, 4) is 11.1 Å². The molecule has 1 fully saturated rings. The number of piperidine rings is 1. The van der Waals surface area contributed by atoms with Gasteiger partial charge in [-0.15, -0.1) is 0 Å². The SMILES string of the molecule is Cc1cncc(C(=O)N2CCC[C@H](c3nc4ccc(-c5cccnc5)cn4n3)C2)c1. The van der Waals surface area contributed by atoms with E-state index in [1.807, 2.05) is 59.1 Å². The van der Waals surface area contributed by atoms with Gasteiger partial charge in [0.2, 0.25) is 0 Å². The van der Waals surface area contributed by atoms with E-state index in [-0.39, 0.29) is 11.8 Å². The lowest BCUT2D eigenvalue weighted by atomic mass is 9.97. The molecule has 1 aliphatic heterocycles. The number of nitrogens with zero attached hydrogens (tertiary/aromatic N) is 6. The van der Waals surface area contributed by atoms with Crippen LogP contribution in [-0.2, 0) is 0 Å². The zero-order chi connectivity index (χ0) is 20.5. The van der Waals surface area contributed by atoms with E-state index >= 15 is 0 Å². The van der Waals surface area contributed by atoms with Crippen molar-refractivity contribution in [2.24, 2.45) is 0 Å². The van der Waals surface area contributed by atoms with Crippen molar-refractivity contribution in [3.63, 3.8) is 0 Å². The predicted molar refractivity (Wildman–Crippen MR) is 113 cm³/mol. The van der Waals surface area contributed by atoms with Gasteiger partial charge in [-0.1, -0.05) is 6.07 Å². The van der Waals surface area contributed by atoms with Crippen LogP contribution in [0.4, 0.5) is 0 Å². The monoisotopic (exact) mass is 398 g/mol. The first-order valence-electron chi connectivity index (χ1n) is 10.1. The first-order valence-corrected chi connectivity index (χ1v) is 10.1. The number of aryl methyl sites for hydroxylation is 1. The smallest absolute Gasteiger partial charge is 0.255 e. The zero-order valence-corrected chi connectivity index (χ0v) is 16.8. The van der Waals surface area contributed by atoms with E-state index in [0.29, 0.717) is 12.1 Å². The summed E-state index contributed by atoms with van der Waals surface area (Å²) in [6.45, 7) is 3.32. The number of hydrogen-bond acceptors (Lipinski definition) is 5. The van der Waals surface area contributed by atoms with Crippen LogP contribution < -0.4 is 0 Å². The van der Waals surface area contributed by atoms with Gasteiger partial charge in [-0.25, -0.2) is 9.50 Å². The van der Waals surface area contributed by atoms with E-state index in [9.17, 15) is 4.79 Å². The normalized spacial score (nSPS) is 16.7. The first-order chi connectivity index (χ1) is 14.7. The number of aromatic nitrogens is 5. The molecule has 1 atom stereocenters. The molecule has 4 aromatic rings. The molecule has 5 rings (SSSR count). The fraction of sp³-hybridized carbons (Fsp3) is 0.261. The molecule has 7 heteroatoms. The van der Waals surface area contributed by atoms with Gasteiger partial charge < -0.3 is 4.90 Å². The molecule has 0 spiro atoms. The minimum absolute atomic E-state index is 0.0264. The van der Waals surface area contributed by atoms with Crippen molar-refractivity contribution in [2.45, 2.75) is 25.7 Å². The van der Waals surface area contributed by atoms with Crippen LogP contribution in [0, 0.1) is 6.92 Å². The number of pyridine rings is 3. The fourth-order valence-electron chi connectivity index (χ4n) is 4.00. The summed E-state index contributed by atoms with van der Waals surface area (Å²) in [5, 5.41) is 4.74. The maximum Gasteiger partial charge on any atom is 0.255 e. The van der Waals surface area contributed by atoms with Crippen LogP contribution in [0.25, 0.3) is 16.8 Å². The Morgan fingerprint density at radius 3 is 2.87 bits per heavy atom. The summed E-state index contributed by atoms with van der Waals surface area (Å²) in [7, 11) is 0. The van der Waals surface area contributed by atoms with E-state index in [2.05, 4.69) is 9.97 Å². The molecule has 150 valence electrons. The molecule has 0 bridgehead atoms. The molecule has 0 radical (unpaired) electrons. The molecule has 1 aliphatic rings. The lowest BCUT2D eigenvalue weighted by molar-refractivity contribution is 0.0704. The lowest BCUT2D eigenvalue weighted by Gasteiger charge is -2.31. The molecular formula is C23H22N6O. The van der Waals surface area contributed by atoms with Gasteiger partial charge in [0.15, 0.2) is 11.5 Å². The number of carbonyl (C=O) groups excluding carboxylic acids is 1. The number of likely N-dealkylation sites (tertiary alicyclic amines) is 1. The highest BCUT2D eigenvalue weighted by Gasteiger charge is 2.28. The van der Waals surface area contributed by atoms with Gasteiger partial charge in [0.1, 0.15) is 0 Å². The van der Waals surface area contributed by atoms with Gasteiger partial charge in [-0.05, 0) is 49.6 Å². The third-order valence-corrected chi connectivity index (χ3v) is 5.54. The summed E-state index contributed by atoms with van der Waals surface area (Å²) in [6, 6.07) is 9.85. The van der Waals surface area contributed by atoms with E-state index in [1.165, 1.54) is 0 Å². The maximum atomic E-state index is 12.9. The number of amides is 1. The Bertz CT molecular complexity index is 1200. The van der Waals surface area contributed by atoms with Gasteiger partial charge in [-0.3, -0.25) is 14.8 Å². The minimum Gasteiger partial charge on any atom is -0.338 e. The second kappa shape index (κ2) is 7.67. The Kier molecular flexibility index (Phi) is 4.71. The topological polar surface area (TPSA) is 76.3 Å². The quantitative estimate of drug-likeness (QED) is 0.528. The summed E-state index contributed by atoms with van der Waals surface area (Å²) < 4.78 is 1.82. The molecule has 7 nitrogen and oxygen atoms in total. The third-order valence-electron chi connectivity index (χ3n) is 5.54.